The van der Waals surface area contributed by atoms with E-state index in [2.05, 4.69) is 39.9 Å². The van der Waals surface area contributed by atoms with E-state index in [9.17, 15) is 9.59 Å². The van der Waals surface area contributed by atoms with E-state index in [1.165, 1.54) is 17.2 Å². The third-order valence-electron chi connectivity index (χ3n) is 4.73. The zero-order valence-electron chi connectivity index (χ0n) is 17.2. The molecule has 0 aliphatic rings. The van der Waals surface area contributed by atoms with Gasteiger partial charge >= 0.3 is 0 Å². The van der Waals surface area contributed by atoms with E-state index in [1.54, 1.807) is 23.1 Å². The number of carbonyl (C=O) groups is 2. The zero-order valence-corrected chi connectivity index (χ0v) is 17.2. The van der Waals surface area contributed by atoms with Crippen molar-refractivity contribution in [2.45, 2.75) is 20.4 Å². The second kappa shape index (κ2) is 8.66. The Morgan fingerprint density at radius 2 is 1.74 bits per heavy atom. The van der Waals surface area contributed by atoms with E-state index >= 15 is 0 Å². The number of para-hydroxylation sites is 1. The number of anilines is 2. The predicted molar refractivity (Wildman–Crippen MR) is 118 cm³/mol. The molecule has 2 N–H and O–H groups in total. The molecule has 2 heterocycles. The van der Waals surface area contributed by atoms with Crippen LogP contribution in [0, 0.1) is 6.92 Å². The molecule has 0 aliphatic heterocycles. The fourth-order valence-electron chi connectivity index (χ4n) is 3.20. The van der Waals surface area contributed by atoms with Crippen molar-refractivity contribution in [3.63, 3.8) is 0 Å². The molecule has 0 saturated heterocycles. The summed E-state index contributed by atoms with van der Waals surface area (Å²) in [6, 6.07) is 18.9. The van der Waals surface area contributed by atoms with Gasteiger partial charge in [-0.3, -0.25) is 14.3 Å². The molecule has 0 radical (unpaired) electrons. The van der Waals surface area contributed by atoms with Crippen LogP contribution in [0.5, 0.6) is 0 Å². The molecule has 0 atom stereocenters. The highest BCUT2D eigenvalue weighted by Crippen LogP contribution is 2.19. The first kappa shape index (κ1) is 20.1. The minimum absolute atomic E-state index is 0.180. The number of aryl methyl sites for hydroxylation is 1. The predicted octanol–water partition coefficient (Wildman–Crippen LogP) is 3.64. The van der Waals surface area contributed by atoms with Crippen LogP contribution in [-0.2, 0) is 11.3 Å². The van der Waals surface area contributed by atoms with Gasteiger partial charge in [-0.1, -0.05) is 42.5 Å². The van der Waals surface area contributed by atoms with Crippen LogP contribution in [0.4, 0.5) is 11.5 Å². The van der Waals surface area contributed by atoms with Crippen molar-refractivity contribution in [2.24, 2.45) is 0 Å². The highest BCUT2D eigenvalue weighted by Gasteiger charge is 2.17. The summed E-state index contributed by atoms with van der Waals surface area (Å²) in [5, 5.41) is 14.2. The smallest absolute Gasteiger partial charge is 0.276 e. The lowest BCUT2D eigenvalue weighted by Gasteiger charge is -2.06. The van der Waals surface area contributed by atoms with Crippen molar-refractivity contribution in [1.29, 1.82) is 0 Å². The summed E-state index contributed by atoms with van der Waals surface area (Å²) < 4.78 is 3.29. The minimum atomic E-state index is -0.392. The number of amides is 2. The highest BCUT2D eigenvalue weighted by atomic mass is 16.2. The molecule has 2 amide bonds. The maximum absolute atomic E-state index is 12.8. The first-order valence-electron chi connectivity index (χ1n) is 9.81. The number of hydrogen-bond donors (Lipinski definition) is 2. The molecule has 31 heavy (non-hydrogen) atoms. The Balaban J connectivity index is 1.52. The lowest BCUT2D eigenvalue weighted by atomic mass is 10.1. The minimum Gasteiger partial charge on any atom is -0.318 e. The lowest BCUT2D eigenvalue weighted by Crippen LogP contribution is -2.13. The van der Waals surface area contributed by atoms with E-state index in [0.29, 0.717) is 18.1 Å². The largest absolute Gasteiger partial charge is 0.318 e. The van der Waals surface area contributed by atoms with Gasteiger partial charge in [0.15, 0.2) is 5.69 Å². The second-order valence-electron chi connectivity index (χ2n) is 7.15. The van der Waals surface area contributed by atoms with E-state index in [1.807, 2.05) is 42.5 Å². The fourth-order valence-corrected chi connectivity index (χ4v) is 3.20. The Bertz CT molecular complexity index is 1230. The van der Waals surface area contributed by atoms with Crippen LogP contribution in [-0.4, -0.2) is 31.4 Å². The maximum atomic E-state index is 12.8. The van der Waals surface area contributed by atoms with Gasteiger partial charge in [0.1, 0.15) is 5.82 Å². The summed E-state index contributed by atoms with van der Waals surface area (Å²) in [6.07, 6.45) is 3.37. The molecule has 0 fully saturated rings. The quantitative estimate of drug-likeness (QED) is 0.504. The second-order valence-corrected chi connectivity index (χ2v) is 7.15. The van der Waals surface area contributed by atoms with Crippen LogP contribution in [0.25, 0.3) is 5.69 Å². The average Bonchev–Trinajstić information content (AvgIpc) is 3.37. The standard InChI is InChI=1S/C23H22N6O2/c1-16-8-6-7-9-18(16)14-28-15-19(13-24-28)26-23(31)21-12-22(25-17(2)30)29(27-21)20-10-4-3-5-11-20/h3-13,15H,14H2,1-2H3,(H,25,30)(H,26,31). The number of nitrogens with one attached hydrogen (secondary N) is 2. The van der Waals surface area contributed by atoms with Gasteiger partial charge < -0.3 is 10.6 Å². The van der Waals surface area contributed by atoms with Crippen LogP contribution in [0.2, 0.25) is 0 Å². The molecule has 0 saturated carbocycles. The molecule has 2 aromatic heterocycles. The molecule has 4 aromatic rings. The number of carbonyl (C=O) groups excluding carboxylic acids is 2. The van der Waals surface area contributed by atoms with Gasteiger partial charge in [-0.05, 0) is 30.2 Å². The van der Waals surface area contributed by atoms with E-state index in [4.69, 9.17) is 0 Å². The number of nitrogens with zero attached hydrogens (tertiary/aromatic N) is 4. The zero-order chi connectivity index (χ0) is 21.8. The number of rotatable bonds is 6. The Labute approximate surface area is 179 Å². The summed E-state index contributed by atoms with van der Waals surface area (Å²) in [5.41, 5.74) is 3.81. The number of hydrogen-bond acceptors (Lipinski definition) is 4. The van der Waals surface area contributed by atoms with Crippen LogP contribution >= 0.6 is 0 Å². The van der Waals surface area contributed by atoms with Crippen LogP contribution in [0.3, 0.4) is 0 Å². The van der Waals surface area contributed by atoms with Crippen LogP contribution < -0.4 is 10.6 Å². The van der Waals surface area contributed by atoms with Crippen molar-refractivity contribution in [3.05, 3.63) is 89.9 Å². The van der Waals surface area contributed by atoms with Gasteiger partial charge in [-0.2, -0.15) is 10.2 Å². The molecule has 156 valence electrons. The van der Waals surface area contributed by atoms with Gasteiger partial charge in [-0.25, -0.2) is 4.68 Å². The summed E-state index contributed by atoms with van der Waals surface area (Å²) in [4.78, 5) is 24.4. The Morgan fingerprint density at radius 3 is 2.48 bits per heavy atom. The third-order valence-corrected chi connectivity index (χ3v) is 4.73. The maximum Gasteiger partial charge on any atom is 0.276 e. The van der Waals surface area contributed by atoms with Gasteiger partial charge in [0.25, 0.3) is 5.91 Å². The molecule has 8 heteroatoms. The summed E-state index contributed by atoms with van der Waals surface area (Å²) >= 11 is 0. The normalized spacial score (nSPS) is 10.6. The molecule has 0 spiro atoms. The Kier molecular flexibility index (Phi) is 5.61. The molecule has 8 nitrogen and oxygen atoms in total. The number of aromatic nitrogens is 4. The first-order chi connectivity index (χ1) is 15.0. The summed E-state index contributed by atoms with van der Waals surface area (Å²) in [6.45, 7) is 4.07. The van der Waals surface area contributed by atoms with Crippen molar-refractivity contribution in [3.8, 4) is 5.69 Å². The molecule has 0 aliphatic carbocycles. The molecule has 0 unspecified atom stereocenters. The molecular weight excluding hydrogens is 392 g/mol. The van der Waals surface area contributed by atoms with E-state index in [0.717, 1.165) is 11.3 Å². The first-order valence-corrected chi connectivity index (χ1v) is 9.81. The molecule has 2 aromatic carbocycles. The van der Waals surface area contributed by atoms with Gasteiger partial charge in [-0.15, -0.1) is 0 Å². The third kappa shape index (κ3) is 4.69. The molecule has 0 bridgehead atoms. The van der Waals surface area contributed by atoms with Crippen LogP contribution in [0.15, 0.2) is 73.1 Å². The van der Waals surface area contributed by atoms with Crippen molar-refractivity contribution in [1.82, 2.24) is 19.6 Å². The van der Waals surface area contributed by atoms with Crippen molar-refractivity contribution < 1.29 is 9.59 Å². The molecule has 4 rings (SSSR count). The SMILES string of the molecule is CC(=O)Nc1cc(C(=O)Nc2cnn(Cc3ccccc3C)c2)nn1-c1ccccc1. The van der Waals surface area contributed by atoms with E-state index in [-0.39, 0.29) is 11.6 Å². The van der Waals surface area contributed by atoms with Crippen molar-refractivity contribution >= 4 is 23.3 Å². The summed E-state index contributed by atoms with van der Waals surface area (Å²) in [7, 11) is 0. The monoisotopic (exact) mass is 414 g/mol. The Hall–Kier alpha value is -4.20. The number of benzene rings is 2. The van der Waals surface area contributed by atoms with E-state index < -0.39 is 5.91 Å². The lowest BCUT2D eigenvalue weighted by molar-refractivity contribution is -0.114. The summed E-state index contributed by atoms with van der Waals surface area (Å²) in [5.74, 6) is -0.225. The Morgan fingerprint density at radius 1 is 1.00 bits per heavy atom. The molecular formula is C23H22N6O2. The highest BCUT2D eigenvalue weighted by molar-refractivity contribution is 6.03. The topological polar surface area (TPSA) is 93.8 Å². The van der Waals surface area contributed by atoms with Crippen LogP contribution in [0.1, 0.15) is 28.5 Å². The van der Waals surface area contributed by atoms with Crippen molar-refractivity contribution in [2.75, 3.05) is 10.6 Å². The van der Waals surface area contributed by atoms with Gasteiger partial charge in [0, 0.05) is 19.2 Å². The van der Waals surface area contributed by atoms with Gasteiger partial charge in [0.05, 0.1) is 24.1 Å². The fraction of sp³-hybridized carbons (Fsp3) is 0.130. The average molecular weight is 414 g/mol. The van der Waals surface area contributed by atoms with Gasteiger partial charge in [0.2, 0.25) is 5.91 Å².